The summed E-state index contributed by atoms with van der Waals surface area (Å²) in [5.74, 6) is 0.944. The highest BCUT2D eigenvalue weighted by molar-refractivity contribution is 9.10. The fourth-order valence-corrected chi connectivity index (χ4v) is 2.39. The lowest BCUT2D eigenvalue weighted by molar-refractivity contribution is 0.469. The predicted molar refractivity (Wildman–Crippen MR) is 79.4 cm³/mol. The molecule has 0 aliphatic carbocycles. The summed E-state index contributed by atoms with van der Waals surface area (Å²) in [4.78, 5) is 8.40. The molecule has 0 radical (unpaired) electrons. The molecule has 0 spiro atoms. The van der Waals surface area contributed by atoms with Crippen LogP contribution in [0.3, 0.4) is 0 Å². The van der Waals surface area contributed by atoms with Crippen molar-refractivity contribution < 1.29 is 5.11 Å². The van der Waals surface area contributed by atoms with Crippen LogP contribution in [0.1, 0.15) is 5.56 Å². The van der Waals surface area contributed by atoms with Crippen molar-refractivity contribution in [1.29, 1.82) is 0 Å². The van der Waals surface area contributed by atoms with E-state index >= 15 is 0 Å². The molecule has 0 aliphatic rings. The monoisotopic (exact) mass is 333 g/mol. The number of fused-ring (bicyclic) bond motifs is 1. The summed E-state index contributed by atoms with van der Waals surface area (Å²) in [6, 6.07) is 5.31. The third kappa shape index (κ3) is 2.32. The van der Waals surface area contributed by atoms with Gasteiger partial charge in [-0.2, -0.15) is 5.10 Å². The molecule has 0 fully saturated rings. The van der Waals surface area contributed by atoms with Crippen LogP contribution in [0.25, 0.3) is 11.0 Å². The second-order valence-corrected chi connectivity index (χ2v) is 5.27. The SMILES string of the molecule is Cn1ncc2c(NCc3cc(Br)ccc3O)ncnc21. The van der Waals surface area contributed by atoms with E-state index in [2.05, 4.69) is 36.3 Å². The summed E-state index contributed by atoms with van der Waals surface area (Å²) in [6.45, 7) is 0.465. The Balaban J connectivity index is 1.88. The molecule has 0 unspecified atom stereocenters. The zero-order valence-electron chi connectivity index (χ0n) is 10.7. The minimum absolute atomic E-state index is 0.247. The highest BCUT2D eigenvalue weighted by Crippen LogP contribution is 2.24. The number of nitrogens with zero attached hydrogens (tertiary/aromatic N) is 4. The van der Waals surface area contributed by atoms with Crippen molar-refractivity contribution in [3.8, 4) is 5.75 Å². The third-order valence-electron chi connectivity index (χ3n) is 3.02. The Morgan fingerprint density at radius 2 is 2.20 bits per heavy atom. The number of anilines is 1. The molecule has 20 heavy (non-hydrogen) atoms. The van der Waals surface area contributed by atoms with Gasteiger partial charge in [-0.15, -0.1) is 0 Å². The maximum Gasteiger partial charge on any atom is 0.163 e. The molecule has 3 rings (SSSR count). The lowest BCUT2D eigenvalue weighted by Crippen LogP contribution is -2.03. The molecule has 0 saturated carbocycles. The number of phenols is 1. The number of nitrogens with one attached hydrogen (secondary N) is 1. The van der Waals surface area contributed by atoms with E-state index in [1.165, 1.54) is 6.33 Å². The Labute approximate surface area is 123 Å². The molecule has 0 atom stereocenters. The zero-order valence-corrected chi connectivity index (χ0v) is 12.3. The van der Waals surface area contributed by atoms with E-state index < -0.39 is 0 Å². The normalized spacial score (nSPS) is 10.9. The zero-order chi connectivity index (χ0) is 14.1. The van der Waals surface area contributed by atoms with Crippen LogP contribution in [-0.4, -0.2) is 24.9 Å². The number of aryl methyl sites for hydroxylation is 1. The van der Waals surface area contributed by atoms with Crippen LogP contribution >= 0.6 is 15.9 Å². The molecule has 1 aromatic carbocycles. The van der Waals surface area contributed by atoms with Gasteiger partial charge in [-0.05, 0) is 18.2 Å². The van der Waals surface area contributed by atoms with Gasteiger partial charge in [-0.3, -0.25) is 4.68 Å². The van der Waals surface area contributed by atoms with E-state index in [1.807, 2.05) is 13.1 Å². The van der Waals surface area contributed by atoms with Crippen LogP contribution < -0.4 is 5.32 Å². The Morgan fingerprint density at radius 1 is 1.35 bits per heavy atom. The third-order valence-corrected chi connectivity index (χ3v) is 3.51. The van der Waals surface area contributed by atoms with E-state index in [-0.39, 0.29) is 5.75 Å². The summed E-state index contributed by atoms with van der Waals surface area (Å²) in [5, 5.41) is 18.0. The quantitative estimate of drug-likeness (QED) is 0.769. The Kier molecular flexibility index (Phi) is 3.27. The number of benzene rings is 1. The number of halogens is 1. The van der Waals surface area contributed by atoms with Gasteiger partial charge in [0, 0.05) is 23.6 Å². The first-order valence-corrected chi connectivity index (χ1v) is 6.78. The molecule has 0 aliphatic heterocycles. The molecule has 0 saturated heterocycles. The van der Waals surface area contributed by atoms with Gasteiger partial charge in [0.05, 0.1) is 11.6 Å². The molecule has 7 heteroatoms. The highest BCUT2D eigenvalue weighted by atomic mass is 79.9. The van der Waals surface area contributed by atoms with Crippen molar-refractivity contribution in [3.63, 3.8) is 0 Å². The molecular formula is C13H12BrN5O. The van der Waals surface area contributed by atoms with Crippen molar-refractivity contribution >= 4 is 32.8 Å². The second-order valence-electron chi connectivity index (χ2n) is 4.35. The fourth-order valence-electron chi connectivity index (χ4n) is 1.98. The maximum absolute atomic E-state index is 9.82. The van der Waals surface area contributed by atoms with Crippen LogP contribution in [-0.2, 0) is 13.6 Å². The predicted octanol–water partition coefficient (Wildman–Crippen LogP) is 2.44. The summed E-state index contributed by atoms with van der Waals surface area (Å²) >= 11 is 3.39. The van der Waals surface area contributed by atoms with E-state index in [4.69, 9.17) is 0 Å². The van der Waals surface area contributed by atoms with Gasteiger partial charge in [-0.25, -0.2) is 9.97 Å². The topological polar surface area (TPSA) is 75.9 Å². The van der Waals surface area contributed by atoms with E-state index in [0.717, 1.165) is 21.1 Å². The van der Waals surface area contributed by atoms with Crippen LogP contribution in [0, 0.1) is 0 Å². The minimum atomic E-state index is 0.247. The summed E-state index contributed by atoms with van der Waals surface area (Å²) in [7, 11) is 1.83. The van der Waals surface area contributed by atoms with Gasteiger partial charge < -0.3 is 10.4 Å². The minimum Gasteiger partial charge on any atom is -0.508 e. The second kappa shape index (κ2) is 5.09. The lowest BCUT2D eigenvalue weighted by Gasteiger charge is -2.08. The van der Waals surface area contributed by atoms with Crippen molar-refractivity contribution in [3.05, 3.63) is 40.8 Å². The van der Waals surface area contributed by atoms with Crippen LogP contribution in [0.15, 0.2) is 35.2 Å². The van der Waals surface area contributed by atoms with Crippen molar-refractivity contribution in [2.24, 2.45) is 7.05 Å². The molecule has 0 amide bonds. The van der Waals surface area contributed by atoms with Crippen LogP contribution in [0.2, 0.25) is 0 Å². The Morgan fingerprint density at radius 3 is 3.05 bits per heavy atom. The standard InChI is InChI=1S/C13H12BrN5O/c1-19-13-10(6-18-19)12(16-7-17-13)15-5-8-4-9(14)2-3-11(8)20/h2-4,6-7,20H,5H2,1H3,(H,15,16,17). The number of aromatic nitrogens is 4. The van der Waals surface area contributed by atoms with E-state index in [9.17, 15) is 5.11 Å². The molecule has 2 aromatic heterocycles. The smallest absolute Gasteiger partial charge is 0.163 e. The summed E-state index contributed by atoms with van der Waals surface area (Å²) in [5.41, 5.74) is 1.55. The van der Waals surface area contributed by atoms with Gasteiger partial charge in [0.1, 0.15) is 17.9 Å². The lowest BCUT2D eigenvalue weighted by atomic mass is 10.2. The molecule has 3 aromatic rings. The van der Waals surface area contributed by atoms with E-state index in [1.54, 1.807) is 23.0 Å². The van der Waals surface area contributed by atoms with Gasteiger partial charge in [0.25, 0.3) is 0 Å². The number of hydrogen-bond acceptors (Lipinski definition) is 5. The van der Waals surface area contributed by atoms with Crippen LogP contribution in [0.5, 0.6) is 5.75 Å². The van der Waals surface area contributed by atoms with Crippen molar-refractivity contribution in [1.82, 2.24) is 19.7 Å². The van der Waals surface area contributed by atoms with Gasteiger partial charge >= 0.3 is 0 Å². The van der Waals surface area contributed by atoms with Crippen molar-refractivity contribution in [2.75, 3.05) is 5.32 Å². The highest BCUT2D eigenvalue weighted by Gasteiger charge is 2.08. The average Bonchev–Trinajstić information content (AvgIpc) is 2.82. The molecule has 102 valence electrons. The number of aromatic hydroxyl groups is 1. The number of phenolic OH excluding ortho intramolecular Hbond substituents is 1. The average molecular weight is 334 g/mol. The molecule has 0 bridgehead atoms. The van der Waals surface area contributed by atoms with Gasteiger partial charge in [0.2, 0.25) is 0 Å². The van der Waals surface area contributed by atoms with Gasteiger partial charge in [0.15, 0.2) is 5.65 Å². The largest absolute Gasteiger partial charge is 0.508 e. The number of rotatable bonds is 3. The van der Waals surface area contributed by atoms with E-state index in [0.29, 0.717) is 12.4 Å². The fraction of sp³-hybridized carbons (Fsp3) is 0.154. The Bertz CT molecular complexity index is 771. The number of hydrogen-bond donors (Lipinski definition) is 2. The van der Waals surface area contributed by atoms with Crippen LogP contribution in [0.4, 0.5) is 5.82 Å². The first kappa shape index (κ1) is 12.9. The Hall–Kier alpha value is -2.15. The molecule has 2 heterocycles. The molecular weight excluding hydrogens is 322 g/mol. The summed E-state index contributed by atoms with van der Waals surface area (Å²) in [6.07, 6.45) is 3.21. The summed E-state index contributed by atoms with van der Waals surface area (Å²) < 4.78 is 2.61. The van der Waals surface area contributed by atoms with Gasteiger partial charge in [-0.1, -0.05) is 15.9 Å². The first-order valence-electron chi connectivity index (χ1n) is 5.99. The maximum atomic E-state index is 9.82. The molecule has 2 N–H and O–H groups in total. The van der Waals surface area contributed by atoms with Crippen molar-refractivity contribution in [2.45, 2.75) is 6.54 Å². The first-order chi connectivity index (χ1) is 9.65. The molecule has 6 nitrogen and oxygen atoms in total.